The van der Waals surface area contributed by atoms with E-state index in [1.165, 1.54) is 12.8 Å². The molecule has 1 aliphatic heterocycles. The topological polar surface area (TPSA) is 88.9 Å². The van der Waals surface area contributed by atoms with Gasteiger partial charge in [-0.25, -0.2) is 4.98 Å². The highest BCUT2D eigenvalue weighted by molar-refractivity contribution is 5.95. The number of methoxy groups -OCH3 is 1. The highest BCUT2D eigenvalue weighted by Gasteiger charge is 2.46. The van der Waals surface area contributed by atoms with Crippen molar-refractivity contribution in [1.82, 2.24) is 29.9 Å². The molecule has 2 aliphatic rings. The van der Waals surface area contributed by atoms with Crippen LogP contribution in [0.5, 0.6) is 0 Å². The number of H-pyrrole nitrogens is 1. The maximum absolute atomic E-state index is 13.1. The summed E-state index contributed by atoms with van der Waals surface area (Å²) < 4.78 is 6.95. The summed E-state index contributed by atoms with van der Waals surface area (Å²) in [7, 11) is 1.64. The molecule has 0 bridgehead atoms. The van der Waals surface area contributed by atoms with E-state index < -0.39 is 0 Å². The van der Waals surface area contributed by atoms with Crippen molar-refractivity contribution < 1.29 is 9.53 Å². The minimum absolute atomic E-state index is 0.0722. The average Bonchev–Trinajstić information content (AvgIpc) is 3.06. The van der Waals surface area contributed by atoms with E-state index in [1.54, 1.807) is 7.11 Å². The minimum Gasteiger partial charge on any atom is -0.377 e. The fourth-order valence-electron chi connectivity index (χ4n) is 4.01. The monoisotopic (exact) mass is 358 g/mol. The maximum atomic E-state index is 13.1. The lowest BCUT2D eigenvalue weighted by Gasteiger charge is -2.15. The molecule has 0 spiro atoms. The van der Waals surface area contributed by atoms with Gasteiger partial charge in [0.1, 0.15) is 6.61 Å². The van der Waals surface area contributed by atoms with Crippen LogP contribution in [0.3, 0.4) is 0 Å². The van der Waals surface area contributed by atoms with Crippen LogP contribution in [-0.4, -0.2) is 56.0 Å². The van der Waals surface area contributed by atoms with Gasteiger partial charge in [0.2, 0.25) is 0 Å². The summed E-state index contributed by atoms with van der Waals surface area (Å²) in [5.74, 6) is 2.93. The van der Waals surface area contributed by atoms with Crippen LogP contribution in [0.25, 0.3) is 0 Å². The molecule has 3 heterocycles. The first kappa shape index (κ1) is 17.2. The van der Waals surface area contributed by atoms with E-state index in [0.29, 0.717) is 30.6 Å². The van der Waals surface area contributed by atoms with E-state index in [9.17, 15) is 4.79 Å². The molecule has 2 aromatic rings. The summed E-state index contributed by atoms with van der Waals surface area (Å²) in [4.78, 5) is 19.6. The van der Waals surface area contributed by atoms with Gasteiger partial charge in [-0.05, 0) is 38.5 Å². The fourth-order valence-corrected chi connectivity index (χ4v) is 4.01. The van der Waals surface area contributed by atoms with Crippen LogP contribution in [0, 0.1) is 18.8 Å². The molecule has 0 unspecified atom stereocenters. The van der Waals surface area contributed by atoms with Gasteiger partial charge in [0.15, 0.2) is 11.6 Å². The van der Waals surface area contributed by atoms with Gasteiger partial charge in [-0.3, -0.25) is 14.6 Å². The van der Waals surface area contributed by atoms with Crippen LogP contribution in [-0.2, 0) is 17.9 Å². The summed E-state index contributed by atoms with van der Waals surface area (Å²) in [6.07, 6.45) is 4.34. The van der Waals surface area contributed by atoms with E-state index in [2.05, 4.69) is 20.3 Å². The van der Waals surface area contributed by atoms with Crippen LogP contribution < -0.4 is 0 Å². The molecule has 2 atom stereocenters. The number of aromatic amines is 1. The second-order valence-corrected chi connectivity index (χ2v) is 7.38. The highest BCUT2D eigenvalue weighted by Crippen LogP contribution is 2.47. The third kappa shape index (κ3) is 3.13. The normalized spacial score (nSPS) is 23.0. The van der Waals surface area contributed by atoms with Gasteiger partial charge in [-0.2, -0.15) is 10.2 Å². The van der Waals surface area contributed by atoms with Crippen molar-refractivity contribution >= 4 is 5.91 Å². The Kier molecular flexibility index (Phi) is 4.52. The van der Waals surface area contributed by atoms with Gasteiger partial charge in [0.25, 0.3) is 5.91 Å². The number of hydrogen-bond donors (Lipinski definition) is 1. The zero-order valence-corrected chi connectivity index (χ0v) is 15.6. The lowest BCUT2D eigenvalue weighted by Crippen LogP contribution is -2.29. The predicted molar refractivity (Wildman–Crippen MR) is 94.6 cm³/mol. The Morgan fingerprint density at radius 1 is 1.38 bits per heavy atom. The number of carbonyl (C=O) groups is 1. The number of rotatable bonds is 6. The molecule has 1 saturated carbocycles. The third-order valence-electron chi connectivity index (χ3n) is 5.54. The first-order chi connectivity index (χ1) is 12.6. The molecular weight excluding hydrogens is 332 g/mol. The first-order valence-corrected chi connectivity index (χ1v) is 9.34. The second-order valence-electron chi connectivity index (χ2n) is 7.38. The molecule has 1 amide bonds. The lowest BCUT2D eigenvalue weighted by atomic mass is 9.91. The van der Waals surface area contributed by atoms with Crippen LogP contribution in [0.4, 0.5) is 0 Å². The molecule has 2 aromatic heterocycles. The number of nitrogens with one attached hydrogen (secondary N) is 1. The number of amides is 1. The van der Waals surface area contributed by atoms with E-state index in [1.807, 2.05) is 29.6 Å². The van der Waals surface area contributed by atoms with Gasteiger partial charge >= 0.3 is 0 Å². The quantitative estimate of drug-likeness (QED) is 0.850. The molecule has 2 fully saturated rings. The van der Waals surface area contributed by atoms with E-state index in [4.69, 9.17) is 4.74 Å². The van der Waals surface area contributed by atoms with E-state index in [0.717, 1.165) is 30.4 Å². The standard InChI is InChI=1S/C18H26N6O2/c1-4-24-9-13(11(2)22-24)18(25)23-7-14(12-5-6-12)15(8-23)17-19-16(10-26-3)20-21-17/h9,12,14-15H,4-8,10H2,1-3H3,(H,19,20,21)/t14-,15+/m1/s1. The number of aryl methyl sites for hydroxylation is 2. The fraction of sp³-hybridized carbons (Fsp3) is 0.667. The smallest absolute Gasteiger partial charge is 0.257 e. The molecule has 8 nitrogen and oxygen atoms in total. The molecule has 8 heteroatoms. The van der Waals surface area contributed by atoms with Gasteiger partial charge in [0, 0.05) is 38.9 Å². The van der Waals surface area contributed by atoms with Crippen molar-refractivity contribution in [3.63, 3.8) is 0 Å². The Morgan fingerprint density at radius 3 is 2.85 bits per heavy atom. The zero-order valence-electron chi connectivity index (χ0n) is 15.6. The number of ether oxygens (including phenoxy) is 1. The summed E-state index contributed by atoms with van der Waals surface area (Å²) in [5.41, 5.74) is 1.50. The SMILES string of the molecule is CCn1cc(C(=O)N2C[C@H](c3n[nH]c(COC)n3)[C@@H](C3CC3)C2)c(C)n1. The van der Waals surface area contributed by atoms with Crippen molar-refractivity contribution in [3.8, 4) is 0 Å². The lowest BCUT2D eigenvalue weighted by molar-refractivity contribution is 0.0784. The van der Waals surface area contributed by atoms with Crippen LogP contribution in [0.15, 0.2) is 6.20 Å². The number of aromatic nitrogens is 5. The zero-order chi connectivity index (χ0) is 18.3. The van der Waals surface area contributed by atoms with Crippen molar-refractivity contribution in [1.29, 1.82) is 0 Å². The Morgan fingerprint density at radius 2 is 2.19 bits per heavy atom. The van der Waals surface area contributed by atoms with Crippen LogP contribution >= 0.6 is 0 Å². The largest absolute Gasteiger partial charge is 0.377 e. The van der Waals surface area contributed by atoms with Crippen molar-refractivity contribution in [2.75, 3.05) is 20.2 Å². The van der Waals surface area contributed by atoms with Gasteiger partial charge in [0.05, 0.1) is 11.3 Å². The summed E-state index contributed by atoms with van der Waals surface area (Å²) in [6.45, 7) is 6.56. The second kappa shape index (κ2) is 6.83. The summed E-state index contributed by atoms with van der Waals surface area (Å²) >= 11 is 0. The Hall–Kier alpha value is -2.22. The van der Waals surface area contributed by atoms with Crippen LogP contribution in [0.2, 0.25) is 0 Å². The molecule has 0 aromatic carbocycles. The molecule has 4 rings (SSSR count). The van der Waals surface area contributed by atoms with E-state index >= 15 is 0 Å². The summed E-state index contributed by atoms with van der Waals surface area (Å²) in [5, 5.41) is 11.8. The van der Waals surface area contributed by atoms with Gasteiger partial charge in [-0.15, -0.1) is 0 Å². The Bertz CT molecular complexity index is 793. The molecule has 140 valence electrons. The molecular formula is C18H26N6O2. The van der Waals surface area contributed by atoms with Crippen LogP contribution in [0.1, 0.15) is 53.4 Å². The minimum atomic E-state index is 0.0722. The number of nitrogens with zero attached hydrogens (tertiary/aromatic N) is 5. The van der Waals surface area contributed by atoms with Gasteiger partial charge < -0.3 is 9.64 Å². The van der Waals surface area contributed by atoms with E-state index in [-0.39, 0.29) is 11.8 Å². The Balaban J connectivity index is 1.55. The first-order valence-electron chi connectivity index (χ1n) is 9.34. The molecule has 1 aliphatic carbocycles. The van der Waals surface area contributed by atoms with Gasteiger partial charge in [-0.1, -0.05) is 0 Å². The number of carbonyl (C=O) groups excluding carboxylic acids is 1. The third-order valence-corrected chi connectivity index (χ3v) is 5.54. The predicted octanol–water partition coefficient (Wildman–Crippen LogP) is 1.74. The molecule has 1 saturated heterocycles. The highest BCUT2D eigenvalue weighted by atomic mass is 16.5. The Labute approximate surface area is 152 Å². The molecule has 26 heavy (non-hydrogen) atoms. The van der Waals surface area contributed by atoms with Crippen molar-refractivity contribution in [3.05, 3.63) is 29.1 Å². The average molecular weight is 358 g/mol. The molecule has 0 radical (unpaired) electrons. The number of hydrogen-bond acceptors (Lipinski definition) is 5. The van der Waals surface area contributed by atoms with Crippen molar-refractivity contribution in [2.24, 2.45) is 11.8 Å². The maximum Gasteiger partial charge on any atom is 0.257 e. The number of likely N-dealkylation sites (tertiary alicyclic amines) is 1. The van der Waals surface area contributed by atoms with Crippen molar-refractivity contribution in [2.45, 2.75) is 45.8 Å². The molecule has 1 N–H and O–H groups in total. The summed E-state index contributed by atoms with van der Waals surface area (Å²) in [6, 6.07) is 0.